The average molecular weight is 222 g/mol. The number of methoxy groups -OCH3 is 2. The van der Waals surface area contributed by atoms with Crippen LogP contribution >= 0.6 is 0 Å². The summed E-state index contributed by atoms with van der Waals surface area (Å²) in [6.07, 6.45) is 1.56. The van der Waals surface area contributed by atoms with E-state index in [1.54, 1.807) is 14.2 Å². The molecular formula is C13H18O3. The van der Waals surface area contributed by atoms with Gasteiger partial charge in [-0.25, -0.2) is 0 Å². The summed E-state index contributed by atoms with van der Waals surface area (Å²) < 4.78 is 16.6. The molecule has 16 heavy (non-hydrogen) atoms. The molecule has 1 aliphatic rings. The minimum atomic E-state index is -0.405. The van der Waals surface area contributed by atoms with Crippen molar-refractivity contribution in [1.82, 2.24) is 0 Å². The third kappa shape index (κ3) is 1.93. The summed E-state index contributed by atoms with van der Waals surface area (Å²) in [4.78, 5) is 0. The number of aryl methyl sites for hydroxylation is 1. The lowest BCUT2D eigenvalue weighted by Gasteiger charge is -2.39. The molecule has 0 radical (unpaired) electrons. The lowest BCUT2D eigenvalue weighted by atomic mass is 9.92. The van der Waals surface area contributed by atoms with E-state index in [1.807, 2.05) is 25.1 Å². The van der Waals surface area contributed by atoms with Gasteiger partial charge in [-0.3, -0.25) is 0 Å². The van der Waals surface area contributed by atoms with Crippen molar-refractivity contribution in [2.24, 2.45) is 0 Å². The molecule has 3 nitrogen and oxygen atoms in total. The molecule has 0 saturated carbocycles. The second-order valence-corrected chi connectivity index (χ2v) is 4.33. The van der Waals surface area contributed by atoms with Gasteiger partial charge in [-0.05, 0) is 31.4 Å². The first-order valence-electron chi connectivity index (χ1n) is 5.52. The van der Waals surface area contributed by atoms with Crippen LogP contribution in [0.4, 0.5) is 0 Å². The van der Waals surface area contributed by atoms with E-state index in [-0.39, 0.29) is 6.29 Å². The monoisotopic (exact) mass is 222 g/mol. The minimum absolute atomic E-state index is 0.333. The first-order chi connectivity index (χ1) is 7.69. The zero-order chi connectivity index (χ0) is 11.6. The maximum Gasteiger partial charge on any atom is 0.196 e. The van der Waals surface area contributed by atoms with Gasteiger partial charge in [0.25, 0.3) is 0 Å². The Hall–Kier alpha value is -1.06. The van der Waals surface area contributed by atoms with Crippen LogP contribution in [-0.4, -0.2) is 26.1 Å². The highest BCUT2D eigenvalue weighted by molar-refractivity contribution is 5.36. The molecule has 3 heteroatoms. The number of benzene rings is 1. The fourth-order valence-corrected chi connectivity index (χ4v) is 2.26. The average Bonchev–Trinajstić information content (AvgIpc) is 2.30. The number of ether oxygens (including phenoxy) is 3. The lowest BCUT2D eigenvalue weighted by molar-refractivity contribution is -0.202. The number of rotatable bonds is 3. The van der Waals surface area contributed by atoms with Crippen LogP contribution in [-0.2, 0) is 15.9 Å². The van der Waals surface area contributed by atoms with Crippen LogP contribution in [0.15, 0.2) is 24.3 Å². The SMILES string of the molecule is COC(OC)[C@@]1(C)CCc2ccccc2O1. The van der Waals surface area contributed by atoms with E-state index in [2.05, 4.69) is 6.07 Å². The smallest absolute Gasteiger partial charge is 0.196 e. The van der Waals surface area contributed by atoms with Crippen molar-refractivity contribution < 1.29 is 14.2 Å². The molecule has 0 unspecified atom stereocenters. The second-order valence-electron chi connectivity index (χ2n) is 4.33. The molecule has 0 spiro atoms. The quantitative estimate of drug-likeness (QED) is 0.735. The first-order valence-corrected chi connectivity index (χ1v) is 5.52. The van der Waals surface area contributed by atoms with E-state index < -0.39 is 5.60 Å². The van der Waals surface area contributed by atoms with Gasteiger partial charge in [-0.15, -0.1) is 0 Å². The Balaban J connectivity index is 2.23. The van der Waals surface area contributed by atoms with Crippen molar-refractivity contribution in [2.45, 2.75) is 31.7 Å². The molecule has 0 bridgehead atoms. The fourth-order valence-electron chi connectivity index (χ4n) is 2.26. The predicted octanol–water partition coefficient (Wildman–Crippen LogP) is 2.39. The number of hydrogen-bond acceptors (Lipinski definition) is 3. The van der Waals surface area contributed by atoms with Crippen LogP contribution in [0, 0.1) is 0 Å². The number of fused-ring (bicyclic) bond motifs is 1. The Labute approximate surface area is 96.3 Å². The Morgan fingerprint density at radius 2 is 1.94 bits per heavy atom. The van der Waals surface area contributed by atoms with Crippen molar-refractivity contribution in [1.29, 1.82) is 0 Å². The van der Waals surface area contributed by atoms with Gasteiger partial charge in [0, 0.05) is 14.2 Å². The first kappa shape index (κ1) is 11.4. The molecule has 1 aliphatic heterocycles. The summed E-state index contributed by atoms with van der Waals surface area (Å²) in [5.41, 5.74) is 0.851. The third-order valence-corrected chi connectivity index (χ3v) is 3.13. The van der Waals surface area contributed by atoms with Gasteiger partial charge in [0.05, 0.1) is 0 Å². The molecule has 1 atom stereocenters. The maximum atomic E-state index is 6.01. The van der Waals surface area contributed by atoms with Crippen molar-refractivity contribution in [3.8, 4) is 5.75 Å². The van der Waals surface area contributed by atoms with Gasteiger partial charge in [0.2, 0.25) is 0 Å². The second kappa shape index (κ2) is 4.44. The number of hydrogen-bond donors (Lipinski definition) is 0. The van der Waals surface area contributed by atoms with Crippen LogP contribution in [0.25, 0.3) is 0 Å². The molecule has 1 heterocycles. The Morgan fingerprint density at radius 3 is 2.62 bits per heavy atom. The Morgan fingerprint density at radius 1 is 1.25 bits per heavy atom. The van der Waals surface area contributed by atoms with Gasteiger partial charge >= 0.3 is 0 Å². The van der Waals surface area contributed by atoms with Gasteiger partial charge in [-0.2, -0.15) is 0 Å². The molecule has 1 aromatic rings. The predicted molar refractivity (Wildman–Crippen MR) is 61.6 cm³/mol. The van der Waals surface area contributed by atoms with Crippen molar-refractivity contribution >= 4 is 0 Å². The summed E-state index contributed by atoms with van der Waals surface area (Å²) in [7, 11) is 3.28. The summed E-state index contributed by atoms with van der Waals surface area (Å²) in [6, 6.07) is 8.12. The standard InChI is InChI=1S/C13H18O3/c1-13(12(14-2)15-3)9-8-10-6-4-5-7-11(10)16-13/h4-7,12H,8-9H2,1-3H3/t13-/m1/s1. The molecule has 0 amide bonds. The van der Waals surface area contributed by atoms with Crippen molar-refractivity contribution in [2.75, 3.05) is 14.2 Å². The van der Waals surface area contributed by atoms with E-state index >= 15 is 0 Å². The van der Waals surface area contributed by atoms with Gasteiger partial charge in [0.15, 0.2) is 11.9 Å². The fraction of sp³-hybridized carbons (Fsp3) is 0.538. The van der Waals surface area contributed by atoms with Gasteiger partial charge in [-0.1, -0.05) is 18.2 Å². The Kier molecular flexibility index (Phi) is 3.17. The van der Waals surface area contributed by atoms with Crippen LogP contribution < -0.4 is 4.74 Å². The minimum Gasteiger partial charge on any atom is -0.482 e. The summed E-state index contributed by atoms with van der Waals surface area (Å²) in [5.74, 6) is 0.940. The molecule has 2 rings (SSSR count). The largest absolute Gasteiger partial charge is 0.482 e. The normalized spacial score (nSPS) is 24.0. The van der Waals surface area contributed by atoms with Crippen LogP contribution in [0.2, 0.25) is 0 Å². The van der Waals surface area contributed by atoms with E-state index in [4.69, 9.17) is 14.2 Å². The topological polar surface area (TPSA) is 27.7 Å². The molecule has 0 fully saturated rings. The molecule has 0 saturated heterocycles. The summed E-state index contributed by atoms with van der Waals surface area (Å²) >= 11 is 0. The van der Waals surface area contributed by atoms with Gasteiger partial charge < -0.3 is 14.2 Å². The molecule has 0 N–H and O–H groups in total. The van der Waals surface area contributed by atoms with Crippen LogP contribution in [0.3, 0.4) is 0 Å². The molecule has 0 aliphatic carbocycles. The lowest BCUT2D eigenvalue weighted by Crippen LogP contribution is -2.49. The number of para-hydroxylation sites is 1. The highest BCUT2D eigenvalue weighted by Gasteiger charge is 2.40. The molecule has 88 valence electrons. The third-order valence-electron chi connectivity index (χ3n) is 3.13. The van der Waals surface area contributed by atoms with E-state index in [9.17, 15) is 0 Å². The zero-order valence-corrected chi connectivity index (χ0v) is 10.0. The van der Waals surface area contributed by atoms with Crippen LogP contribution in [0.5, 0.6) is 5.75 Å². The van der Waals surface area contributed by atoms with E-state index in [0.717, 1.165) is 18.6 Å². The summed E-state index contributed by atoms with van der Waals surface area (Å²) in [5, 5.41) is 0. The molecule has 1 aromatic carbocycles. The van der Waals surface area contributed by atoms with Gasteiger partial charge in [0.1, 0.15) is 5.75 Å². The van der Waals surface area contributed by atoms with E-state index in [1.165, 1.54) is 5.56 Å². The highest BCUT2D eigenvalue weighted by Crippen LogP contribution is 2.35. The summed E-state index contributed by atoms with van der Waals surface area (Å²) in [6.45, 7) is 2.03. The molecular weight excluding hydrogens is 204 g/mol. The Bertz CT molecular complexity index is 360. The maximum absolute atomic E-state index is 6.01. The molecule has 0 aromatic heterocycles. The zero-order valence-electron chi connectivity index (χ0n) is 10.0. The van der Waals surface area contributed by atoms with E-state index in [0.29, 0.717) is 0 Å². The van der Waals surface area contributed by atoms with Crippen molar-refractivity contribution in [3.63, 3.8) is 0 Å². The van der Waals surface area contributed by atoms with Crippen LogP contribution in [0.1, 0.15) is 18.9 Å². The van der Waals surface area contributed by atoms with Crippen molar-refractivity contribution in [3.05, 3.63) is 29.8 Å². The highest BCUT2D eigenvalue weighted by atomic mass is 16.7.